The first-order valence-electron chi connectivity index (χ1n) is 18.6. The second kappa shape index (κ2) is 14.3. The van der Waals surface area contributed by atoms with Gasteiger partial charge in [0.25, 0.3) is 11.8 Å². The summed E-state index contributed by atoms with van der Waals surface area (Å²) in [5.41, 5.74) is 5.08. The highest BCUT2D eigenvalue weighted by Gasteiger charge is 2.71. The first kappa shape index (κ1) is 36.7. The Bertz CT molecular complexity index is 2450. The number of nitrogens with one attached hydrogen (secondary N) is 2. The van der Waals surface area contributed by atoms with Crippen LogP contribution in [0.2, 0.25) is 10.0 Å². The van der Waals surface area contributed by atoms with E-state index in [0.717, 1.165) is 22.0 Å². The van der Waals surface area contributed by atoms with Gasteiger partial charge in [-0.05, 0) is 103 Å². The zero-order valence-electron chi connectivity index (χ0n) is 30.5. The van der Waals surface area contributed by atoms with Crippen molar-refractivity contribution in [3.8, 4) is 5.75 Å². The number of hydrazine groups is 1. The van der Waals surface area contributed by atoms with Crippen molar-refractivity contribution in [3.63, 3.8) is 0 Å². The van der Waals surface area contributed by atoms with Crippen LogP contribution in [0.3, 0.4) is 0 Å². The number of nitrogens with zero attached hydrogens (tertiary/aromatic N) is 2. The Morgan fingerprint density at radius 1 is 0.842 bits per heavy atom. The smallest absolute Gasteiger partial charge is 0.260 e. The van der Waals surface area contributed by atoms with Gasteiger partial charge in [0.15, 0.2) is 0 Å². The maximum atomic E-state index is 15.4. The molecule has 288 valence electrons. The minimum atomic E-state index is -1.58. The van der Waals surface area contributed by atoms with Crippen molar-refractivity contribution < 1.29 is 33.4 Å². The third-order valence-corrected chi connectivity index (χ3v) is 12.4. The lowest BCUT2D eigenvalue weighted by atomic mass is 9.50. The van der Waals surface area contributed by atoms with Crippen LogP contribution in [0.25, 0.3) is 0 Å². The minimum Gasteiger partial charge on any atom is -0.497 e. The molecule has 6 atom stereocenters. The third-order valence-electron chi connectivity index (χ3n) is 11.9. The van der Waals surface area contributed by atoms with E-state index in [4.69, 9.17) is 32.4 Å². The molecule has 57 heavy (non-hydrogen) atoms. The number of amides is 4. The van der Waals surface area contributed by atoms with E-state index in [-0.39, 0.29) is 41.1 Å². The highest BCUT2D eigenvalue weighted by atomic mass is 35.5. The number of aliphatic hydroxyl groups excluding tert-OH is 1. The molecule has 0 bridgehead atoms. The van der Waals surface area contributed by atoms with Crippen LogP contribution in [0.5, 0.6) is 5.75 Å². The monoisotopic (exact) mass is 802 g/mol. The lowest BCUT2D eigenvalue weighted by Gasteiger charge is -2.49. The van der Waals surface area contributed by atoms with E-state index in [2.05, 4.69) is 10.7 Å². The number of furan rings is 1. The van der Waals surface area contributed by atoms with Gasteiger partial charge in [-0.25, -0.2) is 0 Å². The van der Waals surface area contributed by atoms with Crippen LogP contribution in [-0.4, -0.2) is 40.9 Å². The van der Waals surface area contributed by atoms with Gasteiger partial charge in [-0.3, -0.25) is 29.5 Å². The van der Waals surface area contributed by atoms with Crippen LogP contribution in [0, 0.1) is 23.7 Å². The summed E-state index contributed by atoms with van der Waals surface area (Å²) in [5, 5.41) is 15.0. The molecule has 6 unspecified atom stereocenters. The summed E-state index contributed by atoms with van der Waals surface area (Å²) < 4.78 is 11.7. The number of halogens is 2. The maximum Gasteiger partial charge on any atom is 0.260 e. The van der Waals surface area contributed by atoms with Crippen molar-refractivity contribution in [2.75, 3.05) is 22.8 Å². The van der Waals surface area contributed by atoms with Crippen molar-refractivity contribution >= 4 is 69.6 Å². The summed E-state index contributed by atoms with van der Waals surface area (Å²) in [7, 11) is 1.54. The fourth-order valence-corrected chi connectivity index (χ4v) is 9.87. The molecule has 11 nitrogen and oxygen atoms in total. The summed E-state index contributed by atoms with van der Waals surface area (Å²) in [6.45, 7) is -0.393. The number of allylic oxidation sites excluding steroid dienone is 2. The zero-order chi connectivity index (χ0) is 39.6. The molecule has 0 radical (unpaired) electrons. The van der Waals surface area contributed by atoms with Crippen LogP contribution in [0.15, 0.2) is 125 Å². The van der Waals surface area contributed by atoms with Crippen LogP contribution in [0.4, 0.5) is 22.7 Å². The number of hydrogen-bond donors (Lipinski definition) is 3. The largest absolute Gasteiger partial charge is 0.497 e. The normalized spacial score (nSPS) is 25.2. The predicted molar refractivity (Wildman–Crippen MR) is 214 cm³/mol. The van der Waals surface area contributed by atoms with Gasteiger partial charge < -0.3 is 19.6 Å². The summed E-state index contributed by atoms with van der Waals surface area (Å²) >= 11 is 12.7. The van der Waals surface area contributed by atoms with E-state index in [9.17, 15) is 19.5 Å². The quantitative estimate of drug-likeness (QED) is 0.0998. The molecule has 2 aliphatic heterocycles. The first-order chi connectivity index (χ1) is 27.6. The van der Waals surface area contributed by atoms with Gasteiger partial charge in [0, 0.05) is 16.4 Å². The number of fused-ring (bicyclic) bond motifs is 4. The van der Waals surface area contributed by atoms with Crippen molar-refractivity contribution in [2.45, 2.75) is 30.8 Å². The first-order valence-corrected chi connectivity index (χ1v) is 19.3. The van der Waals surface area contributed by atoms with Crippen LogP contribution in [-0.2, 0) is 31.2 Å². The topological polar surface area (TPSA) is 141 Å². The molecule has 4 amide bonds. The summed E-state index contributed by atoms with van der Waals surface area (Å²) in [6.07, 6.45) is 2.28. The number of carbonyl (C=O) groups is 4. The SMILES string of the molecule is COc1ccc(C23C(=O)N(Nc4ccc(Cl)cc4Cl)C(=O)C2CC2C(=CCC4C(=O)N(c5ccc(Nc6ccccc6)cc5)C(=O)C42)C3c2ccc(CO)o2)cc1. The van der Waals surface area contributed by atoms with E-state index < -0.39 is 53.4 Å². The van der Waals surface area contributed by atoms with Crippen molar-refractivity contribution in [1.82, 2.24) is 5.01 Å². The molecule has 9 rings (SSSR count). The number of ether oxygens (including phenoxy) is 1. The molecule has 3 N–H and O–H groups in total. The number of carbonyl (C=O) groups excluding carboxylic acids is 4. The number of aliphatic hydroxyl groups is 1. The van der Waals surface area contributed by atoms with E-state index >= 15 is 4.79 Å². The van der Waals surface area contributed by atoms with Gasteiger partial charge in [-0.2, -0.15) is 5.01 Å². The standard InChI is InChI=1S/C44H36Cl2N4O7/c1-56-29-14-7-24(8-15-29)44-34(41(53)50(43(44)55)48-36-19-9-25(45)21-35(36)46)22-33-31(39(44)37-20-16-30(23-51)57-37)17-18-32-38(33)42(54)49(40(32)52)28-12-10-27(11-13-28)47-26-5-3-2-4-6-26/h2-17,19-21,32-34,38-39,47-48,51H,18,22-23H2,1H3. The molecule has 5 aromatic rings. The molecular weight excluding hydrogens is 767 g/mol. The third kappa shape index (κ3) is 5.83. The van der Waals surface area contributed by atoms with Gasteiger partial charge in [-0.15, -0.1) is 0 Å². The fourth-order valence-electron chi connectivity index (χ4n) is 9.42. The molecular formula is C44H36Cl2N4O7. The summed E-state index contributed by atoms with van der Waals surface area (Å²) in [4.78, 5) is 60.5. The molecule has 13 heteroatoms. The molecule has 2 saturated heterocycles. The fraction of sp³-hybridized carbons (Fsp3) is 0.227. The predicted octanol–water partition coefficient (Wildman–Crippen LogP) is 8.02. The second-order valence-corrected chi connectivity index (χ2v) is 15.6. The molecule has 2 aliphatic carbocycles. The zero-order valence-corrected chi connectivity index (χ0v) is 32.0. The van der Waals surface area contributed by atoms with Gasteiger partial charge in [-0.1, -0.05) is 65.2 Å². The van der Waals surface area contributed by atoms with Crippen molar-refractivity contribution in [1.29, 1.82) is 0 Å². The van der Waals surface area contributed by atoms with E-state index in [1.54, 1.807) is 60.7 Å². The lowest BCUT2D eigenvalue weighted by molar-refractivity contribution is -0.138. The number of para-hydroxylation sites is 1. The molecule has 4 aromatic carbocycles. The Kier molecular flexibility index (Phi) is 9.19. The van der Waals surface area contributed by atoms with E-state index in [0.29, 0.717) is 27.8 Å². The van der Waals surface area contributed by atoms with Gasteiger partial charge in [0.1, 0.15) is 29.3 Å². The summed E-state index contributed by atoms with van der Waals surface area (Å²) in [5.74, 6) is -4.62. The highest BCUT2D eigenvalue weighted by molar-refractivity contribution is 6.36. The van der Waals surface area contributed by atoms with Gasteiger partial charge in [0.2, 0.25) is 11.8 Å². The maximum absolute atomic E-state index is 15.4. The number of hydrogen-bond acceptors (Lipinski definition) is 9. The Hall–Kier alpha value is -5.88. The van der Waals surface area contributed by atoms with Crippen LogP contribution in [0.1, 0.15) is 35.8 Å². The number of methoxy groups -OCH3 is 1. The summed E-state index contributed by atoms with van der Waals surface area (Å²) in [6, 6.07) is 31.8. The molecule has 3 fully saturated rings. The van der Waals surface area contributed by atoms with Crippen molar-refractivity contribution in [2.24, 2.45) is 23.7 Å². The Labute approximate surface area is 337 Å². The lowest BCUT2D eigenvalue weighted by Crippen LogP contribution is -2.53. The van der Waals surface area contributed by atoms with Gasteiger partial charge in [0.05, 0.1) is 47.2 Å². The number of benzene rings is 4. The molecule has 4 aliphatic rings. The van der Waals surface area contributed by atoms with E-state index in [1.165, 1.54) is 18.1 Å². The van der Waals surface area contributed by atoms with Gasteiger partial charge >= 0.3 is 0 Å². The molecule has 1 aromatic heterocycles. The Balaban J connectivity index is 1.15. The van der Waals surface area contributed by atoms with Crippen LogP contribution >= 0.6 is 23.2 Å². The Morgan fingerprint density at radius 3 is 2.26 bits per heavy atom. The number of anilines is 4. The number of rotatable bonds is 9. The molecule has 3 heterocycles. The van der Waals surface area contributed by atoms with E-state index in [1.807, 2.05) is 48.5 Å². The highest BCUT2D eigenvalue weighted by Crippen LogP contribution is 2.64. The molecule has 0 spiro atoms. The Morgan fingerprint density at radius 2 is 1.58 bits per heavy atom. The van der Waals surface area contributed by atoms with Crippen LogP contribution < -0.4 is 20.4 Å². The number of imide groups is 2. The average molecular weight is 804 g/mol. The minimum absolute atomic E-state index is 0.0903. The second-order valence-electron chi connectivity index (χ2n) is 14.7. The molecule has 1 saturated carbocycles. The average Bonchev–Trinajstić information content (AvgIpc) is 3.87. The van der Waals surface area contributed by atoms with Crippen molar-refractivity contribution in [3.05, 3.63) is 148 Å².